The number of hydrogen-bond acceptors (Lipinski definition) is 4. The second-order valence-corrected chi connectivity index (χ2v) is 5.45. The van der Waals surface area contributed by atoms with Crippen molar-refractivity contribution in [2.45, 2.75) is 26.3 Å². The van der Waals surface area contributed by atoms with Crippen molar-refractivity contribution in [3.63, 3.8) is 0 Å². The molecule has 0 bridgehead atoms. The molecule has 1 aliphatic rings. The summed E-state index contributed by atoms with van der Waals surface area (Å²) >= 11 is 0. The van der Waals surface area contributed by atoms with Gasteiger partial charge in [0.1, 0.15) is 11.5 Å². The zero-order chi connectivity index (χ0) is 14.5. The molecule has 1 N–H and O–H groups in total. The van der Waals surface area contributed by atoms with Crippen molar-refractivity contribution in [3.8, 4) is 11.5 Å². The third-order valence-electron chi connectivity index (χ3n) is 4.07. The third kappa shape index (κ3) is 3.37. The SMILES string of the molecule is CCNC1CCN(c2cc(OC)cc(OC)c2)CC1C. The maximum absolute atomic E-state index is 5.36. The summed E-state index contributed by atoms with van der Waals surface area (Å²) in [5, 5.41) is 3.58. The number of piperidine rings is 1. The molecule has 1 aromatic carbocycles. The Hall–Kier alpha value is -1.42. The first-order valence-corrected chi connectivity index (χ1v) is 7.39. The van der Waals surface area contributed by atoms with Crippen LogP contribution in [0.15, 0.2) is 18.2 Å². The molecule has 0 aliphatic carbocycles. The van der Waals surface area contributed by atoms with Gasteiger partial charge in [0.05, 0.1) is 14.2 Å². The van der Waals surface area contributed by atoms with Crippen LogP contribution in [0, 0.1) is 5.92 Å². The highest BCUT2D eigenvalue weighted by atomic mass is 16.5. The molecule has 1 saturated heterocycles. The van der Waals surface area contributed by atoms with Gasteiger partial charge in [-0.2, -0.15) is 0 Å². The molecule has 112 valence electrons. The Morgan fingerprint density at radius 3 is 2.35 bits per heavy atom. The molecular formula is C16H26N2O2. The largest absolute Gasteiger partial charge is 0.497 e. The average Bonchev–Trinajstić information content (AvgIpc) is 2.48. The van der Waals surface area contributed by atoms with Gasteiger partial charge in [0.15, 0.2) is 0 Å². The second-order valence-electron chi connectivity index (χ2n) is 5.45. The Morgan fingerprint density at radius 2 is 1.85 bits per heavy atom. The van der Waals surface area contributed by atoms with Gasteiger partial charge in [-0.3, -0.25) is 0 Å². The van der Waals surface area contributed by atoms with E-state index in [2.05, 4.69) is 36.2 Å². The summed E-state index contributed by atoms with van der Waals surface area (Å²) in [7, 11) is 3.39. The quantitative estimate of drug-likeness (QED) is 0.897. The van der Waals surface area contributed by atoms with Crippen molar-refractivity contribution >= 4 is 5.69 Å². The molecule has 1 aromatic rings. The molecule has 0 amide bonds. The number of nitrogens with one attached hydrogen (secondary N) is 1. The van der Waals surface area contributed by atoms with E-state index in [-0.39, 0.29) is 0 Å². The monoisotopic (exact) mass is 278 g/mol. The highest BCUT2D eigenvalue weighted by molar-refractivity contribution is 5.56. The molecule has 0 radical (unpaired) electrons. The van der Waals surface area contributed by atoms with Crippen molar-refractivity contribution < 1.29 is 9.47 Å². The molecule has 0 aromatic heterocycles. The minimum absolute atomic E-state index is 0.628. The van der Waals surface area contributed by atoms with Crippen molar-refractivity contribution in [2.24, 2.45) is 5.92 Å². The van der Waals surface area contributed by atoms with Crippen LogP contribution in [0.5, 0.6) is 11.5 Å². The lowest BCUT2D eigenvalue weighted by Crippen LogP contribution is -2.48. The van der Waals surface area contributed by atoms with E-state index < -0.39 is 0 Å². The lowest BCUT2D eigenvalue weighted by Gasteiger charge is -2.38. The van der Waals surface area contributed by atoms with Gasteiger partial charge in [0.2, 0.25) is 0 Å². The lowest BCUT2D eigenvalue weighted by atomic mass is 9.93. The van der Waals surface area contributed by atoms with E-state index in [4.69, 9.17) is 9.47 Å². The maximum Gasteiger partial charge on any atom is 0.124 e. The topological polar surface area (TPSA) is 33.7 Å². The van der Waals surface area contributed by atoms with Crippen molar-refractivity contribution in [1.29, 1.82) is 0 Å². The van der Waals surface area contributed by atoms with E-state index in [1.54, 1.807) is 14.2 Å². The Morgan fingerprint density at radius 1 is 1.20 bits per heavy atom. The molecule has 0 saturated carbocycles. The molecule has 0 spiro atoms. The predicted molar refractivity (Wildman–Crippen MR) is 83.0 cm³/mol. The molecule has 1 heterocycles. The van der Waals surface area contributed by atoms with E-state index in [0.29, 0.717) is 12.0 Å². The summed E-state index contributed by atoms with van der Waals surface area (Å²) in [5.41, 5.74) is 1.18. The van der Waals surface area contributed by atoms with Crippen LogP contribution in [0.2, 0.25) is 0 Å². The summed E-state index contributed by atoms with van der Waals surface area (Å²) in [6.07, 6.45) is 1.18. The minimum atomic E-state index is 0.628. The number of ether oxygens (including phenoxy) is 2. The van der Waals surface area contributed by atoms with Crippen LogP contribution in [-0.2, 0) is 0 Å². The summed E-state index contributed by atoms with van der Waals surface area (Å²) < 4.78 is 10.7. The van der Waals surface area contributed by atoms with Gasteiger partial charge in [0.25, 0.3) is 0 Å². The number of hydrogen-bond donors (Lipinski definition) is 1. The Kier molecular flexibility index (Phi) is 5.12. The van der Waals surface area contributed by atoms with Gasteiger partial charge in [-0.25, -0.2) is 0 Å². The molecule has 2 rings (SSSR count). The number of methoxy groups -OCH3 is 2. The minimum Gasteiger partial charge on any atom is -0.497 e. The number of rotatable bonds is 5. The molecule has 2 atom stereocenters. The first kappa shape index (κ1) is 15.0. The van der Waals surface area contributed by atoms with Gasteiger partial charge in [-0.05, 0) is 18.9 Å². The van der Waals surface area contributed by atoms with E-state index in [0.717, 1.165) is 31.1 Å². The summed E-state index contributed by atoms with van der Waals surface area (Å²) in [4.78, 5) is 2.42. The number of anilines is 1. The van der Waals surface area contributed by atoms with Gasteiger partial charge < -0.3 is 19.7 Å². The fraction of sp³-hybridized carbons (Fsp3) is 0.625. The van der Waals surface area contributed by atoms with Gasteiger partial charge in [0, 0.05) is 43.0 Å². The highest BCUT2D eigenvalue weighted by Crippen LogP contribution is 2.31. The van der Waals surface area contributed by atoms with Crippen LogP contribution in [0.3, 0.4) is 0 Å². The first-order valence-electron chi connectivity index (χ1n) is 7.39. The predicted octanol–water partition coefficient (Wildman–Crippen LogP) is 2.53. The number of nitrogens with zero attached hydrogens (tertiary/aromatic N) is 1. The fourth-order valence-corrected chi connectivity index (χ4v) is 2.92. The van der Waals surface area contributed by atoms with Crippen LogP contribution < -0.4 is 19.7 Å². The molecule has 4 nitrogen and oxygen atoms in total. The van der Waals surface area contributed by atoms with Crippen molar-refractivity contribution in [3.05, 3.63) is 18.2 Å². The number of benzene rings is 1. The first-order chi connectivity index (χ1) is 9.67. The third-order valence-corrected chi connectivity index (χ3v) is 4.07. The average molecular weight is 278 g/mol. The van der Waals surface area contributed by atoms with Crippen LogP contribution in [0.25, 0.3) is 0 Å². The molecule has 1 fully saturated rings. The lowest BCUT2D eigenvalue weighted by molar-refractivity contribution is 0.326. The van der Waals surface area contributed by atoms with Crippen molar-refractivity contribution in [2.75, 3.05) is 38.8 Å². The summed E-state index contributed by atoms with van der Waals surface area (Å²) in [6, 6.07) is 6.72. The summed E-state index contributed by atoms with van der Waals surface area (Å²) in [6.45, 7) is 7.66. The van der Waals surface area contributed by atoms with Crippen LogP contribution in [-0.4, -0.2) is 39.9 Å². The standard InChI is InChI=1S/C16H26N2O2/c1-5-17-16-6-7-18(11-12(16)2)13-8-14(19-3)10-15(9-13)20-4/h8-10,12,16-17H,5-7,11H2,1-4H3. The Bertz CT molecular complexity index is 414. The maximum atomic E-state index is 5.36. The zero-order valence-electron chi connectivity index (χ0n) is 13.0. The second kappa shape index (κ2) is 6.84. The van der Waals surface area contributed by atoms with Gasteiger partial charge in [-0.15, -0.1) is 0 Å². The zero-order valence-corrected chi connectivity index (χ0v) is 13.0. The van der Waals surface area contributed by atoms with Gasteiger partial charge in [-0.1, -0.05) is 13.8 Å². The molecule has 20 heavy (non-hydrogen) atoms. The van der Waals surface area contributed by atoms with E-state index in [1.807, 2.05) is 6.07 Å². The molecule has 1 aliphatic heterocycles. The summed E-state index contributed by atoms with van der Waals surface area (Å²) in [5.74, 6) is 2.34. The van der Waals surface area contributed by atoms with Crippen LogP contribution in [0.4, 0.5) is 5.69 Å². The molecule has 4 heteroatoms. The van der Waals surface area contributed by atoms with Crippen LogP contribution >= 0.6 is 0 Å². The Labute approximate surface area is 122 Å². The van der Waals surface area contributed by atoms with Crippen molar-refractivity contribution in [1.82, 2.24) is 5.32 Å². The van der Waals surface area contributed by atoms with Crippen LogP contribution in [0.1, 0.15) is 20.3 Å². The normalized spacial score (nSPS) is 22.7. The highest BCUT2D eigenvalue weighted by Gasteiger charge is 2.25. The molecular weight excluding hydrogens is 252 g/mol. The fourth-order valence-electron chi connectivity index (χ4n) is 2.92. The van der Waals surface area contributed by atoms with E-state index in [1.165, 1.54) is 12.1 Å². The van der Waals surface area contributed by atoms with E-state index in [9.17, 15) is 0 Å². The smallest absolute Gasteiger partial charge is 0.124 e. The van der Waals surface area contributed by atoms with E-state index >= 15 is 0 Å². The van der Waals surface area contributed by atoms with Gasteiger partial charge >= 0.3 is 0 Å². The Balaban J connectivity index is 2.12. The molecule has 2 unspecified atom stereocenters.